The van der Waals surface area contributed by atoms with Gasteiger partial charge in [0.1, 0.15) is 0 Å². The van der Waals surface area contributed by atoms with Crippen molar-refractivity contribution in [2.45, 2.75) is 31.2 Å². The number of fused-ring (bicyclic) bond motifs is 3. The molecule has 3 aromatic rings. The van der Waals surface area contributed by atoms with Crippen molar-refractivity contribution in [3.63, 3.8) is 0 Å². The van der Waals surface area contributed by atoms with Gasteiger partial charge in [-0.1, -0.05) is 24.3 Å². The molecule has 2 atom stereocenters. The number of halogens is 6. The summed E-state index contributed by atoms with van der Waals surface area (Å²) < 4.78 is 95.4. The standard InChI is InChI=1S/C29H21F6N3O6/c30-28(31,32)18-3-1-2-16(11-18)17-5-6-20-19(12-17)25(40)38-9-8-37(13-15-4-7-21-22(10-15)43-14-42-21)26(23(38)24(39)36-20)44-27(41)29(33,34)35/h1-7,10-12,23,26H,8-9,13-14H2,(H,36,39). The molecule has 0 spiro atoms. The third-order valence-corrected chi connectivity index (χ3v) is 7.44. The Hall–Kier alpha value is -4.79. The number of benzene rings is 3. The zero-order valence-electron chi connectivity index (χ0n) is 22.4. The summed E-state index contributed by atoms with van der Waals surface area (Å²) in [4.78, 5) is 41.6. The Labute approximate surface area is 244 Å². The topological polar surface area (TPSA) is 97.4 Å². The minimum absolute atomic E-state index is 0.00616. The summed E-state index contributed by atoms with van der Waals surface area (Å²) in [5.74, 6) is -3.38. The van der Waals surface area contributed by atoms with Gasteiger partial charge in [-0.25, -0.2) is 4.79 Å². The second-order valence-corrected chi connectivity index (χ2v) is 10.2. The third kappa shape index (κ3) is 5.50. The van der Waals surface area contributed by atoms with Crippen LogP contribution in [0.15, 0.2) is 60.7 Å². The Kier molecular flexibility index (Phi) is 7.14. The van der Waals surface area contributed by atoms with Crippen molar-refractivity contribution >= 4 is 23.5 Å². The summed E-state index contributed by atoms with van der Waals surface area (Å²) in [6.07, 6.45) is -11.8. The van der Waals surface area contributed by atoms with Crippen molar-refractivity contribution in [2.75, 3.05) is 25.2 Å². The summed E-state index contributed by atoms with van der Waals surface area (Å²) >= 11 is 0. The first-order chi connectivity index (χ1) is 20.8. The number of alkyl halides is 6. The Morgan fingerprint density at radius 2 is 1.66 bits per heavy atom. The molecule has 9 nitrogen and oxygen atoms in total. The van der Waals surface area contributed by atoms with E-state index in [1.165, 1.54) is 35.2 Å². The molecule has 2 amide bonds. The second kappa shape index (κ2) is 10.7. The number of anilines is 1. The van der Waals surface area contributed by atoms with Crippen LogP contribution in [0.5, 0.6) is 11.5 Å². The zero-order chi connectivity index (χ0) is 31.4. The van der Waals surface area contributed by atoms with Crippen LogP contribution in [0.3, 0.4) is 0 Å². The van der Waals surface area contributed by atoms with E-state index in [0.29, 0.717) is 17.1 Å². The molecule has 1 saturated heterocycles. The summed E-state index contributed by atoms with van der Waals surface area (Å²) in [5, 5.41) is 2.51. The van der Waals surface area contributed by atoms with Gasteiger partial charge >= 0.3 is 18.3 Å². The number of rotatable bonds is 4. The number of carbonyl (C=O) groups is 3. The lowest BCUT2D eigenvalue weighted by Gasteiger charge is -2.44. The molecule has 230 valence electrons. The van der Waals surface area contributed by atoms with E-state index < -0.39 is 48.0 Å². The maximum Gasteiger partial charge on any atom is 0.490 e. The molecule has 15 heteroatoms. The minimum Gasteiger partial charge on any atom is -0.454 e. The molecular formula is C29H21F6N3O6. The molecule has 44 heavy (non-hydrogen) atoms. The van der Waals surface area contributed by atoms with Gasteiger partial charge in [-0.05, 0) is 53.1 Å². The van der Waals surface area contributed by atoms with Crippen molar-refractivity contribution in [2.24, 2.45) is 0 Å². The van der Waals surface area contributed by atoms with Crippen LogP contribution < -0.4 is 14.8 Å². The molecule has 0 saturated carbocycles. The highest BCUT2D eigenvalue weighted by molar-refractivity contribution is 6.11. The van der Waals surface area contributed by atoms with Gasteiger partial charge in [0, 0.05) is 19.6 Å². The smallest absolute Gasteiger partial charge is 0.454 e. The van der Waals surface area contributed by atoms with E-state index in [1.807, 2.05) is 0 Å². The number of amides is 2. The van der Waals surface area contributed by atoms with E-state index in [-0.39, 0.29) is 48.8 Å². The Morgan fingerprint density at radius 1 is 0.909 bits per heavy atom. The van der Waals surface area contributed by atoms with Crippen LogP contribution in [0.2, 0.25) is 0 Å². The molecule has 0 radical (unpaired) electrons. The molecule has 0 aliphatic carbocycles. The molecule has 1 N–H and O–H groups in total. The third-order valence-electron chi connectivity index (χ3n) is 7.44. The molecule has 6 rings (SSSR count). The van der Waals surface area contributed by atoms with Gasteiger partial charge in [0.15, 0.2) is 23.8 Å². The van der Waals surface area contributed by atoms with Gasteiger partial charge in [0.05, 0.1) is 16.8 Å². The summed E-state index contributed by atoms with van der Waals surface area (Å²) in [5.41, 5.74) is -0.0811. The van der Waals surface area contributed by atoms with Crippen molar-refractivity contribution in [1.82, 2.24) is 9.80 Å². The molecule has 3 aliphatic rings. The molecule has 2 unspecified atom stereocenters. The van der Waals surface area contributed by atoms with Crippen LogP contribution in [0.1, 0.15) is 21.5 Å². The Balaban J connectivity index is 1.34. The highest BCUT2D eigenvalue weighted by Gasteiger charge is 2.51. The molecular weight excluding hydrogens is 600 g/mol. The van der Waals surface area contributed by atoms with Crippen molar-refractivity contribution in [3.05, 3.63) is 77.4 Å². The summed E-state index contributed by atoms with van der Waals surface area (Å²) in [7, 11) is 0. The molecule has 1 fully saturated rings. The monoisotopic (exact) mass is 621 g/mol. The van der Waals surface area contributed by atoms with Crippen molar-refractivity contribution < 1.29 is 54.9 Å². The Bertz CT molecular complexity index is 1660. The molecule has 3 heterocycles. The van der Waals surface area contributed by atoms with E-state index in [2.05, 4.69) is 5.32 Å². The highest BCUT2D eigenvalue weighted by Crippen LogP contribution is 2.37. The van der Waals surface area contributed by atoms with Gasteiger partial charge < -0.3 is 24.4 Å². The van der Waals surface area contributed by atoms with Gasteiger partial charge in [-0.3, -0.25) is 14.5 Å². The predicted molar refractivity (Wildman–Crippen MR) is 139 cm³/mol. The van der Waals surface area contributed by atoms with E-state index in [0.717, 1.165) is 17.0 Å². The number of hydrogen-bond donors (Lipinski definition) is 1. The van der Waals surface area contributed by atoms with Crippen LogP contribution >= 0.6 is 0 Å². The lowest BCUT2D eigenvalue weighted by atomic mass is 9.99. The average molecular weight is 621 g/mol. The lowest BCUT2D eigenvalue weighted by molar-refractivity contribution is -0.220. The van der Waals surface area contributed by atoms with E-state index in [9.17, 15) is 40.7 Å². The molecule has 3 aromatic carbocycles. The number of carbonyl (C=O) groups excluding carboxylic acids is 3. The number of nitrogens with one attached hydrogen (secondary N) is 1. The first-order valence-corrected chi connectivity index (χ1v) is 13.1. The van der Waals surface area contributed by atoms with Crippen LogP contribution in [0, 0.1) is 0 Å². The van der Waals surface area contributed by atoms with E-state index in [1.54, 1.807) is 18.2 Å². The first-order valence-electron chi connectivity index (χ1n) is 13.1. The Morgan fingerprint density at radius 3 is 2.41 bits per heavy atom. The molecule has 0 aromatic heterocycles. The number of hydrogen-bond acceptors (Lipinski definition) is 7. The predicted octanol–water partition coefficient (Wildman–Crippen LogP) is 4.81. The minimum atomic E-state index is -5.39. The fourth-order valence-electron chi connectivity index (χ4n) is 5.36. The molecule has 0 bridgehead atoms. The summed E-state index contributed by atoms with van der Waals surface area (Å²) in [6.45, 7) is -0.328. The SMILES string of the molecule is O=C1Nc2ccc(-c3cccc(C(F)(F)F)c3)cc2C(=O)N2CCN(Cc3ccc4c(c3)OCO4)C(OC(=O)C(F)(F)F)C12. The molecule has 3 aliphatic heterocycles. The van der Waals surface area contributed by atoms with E-state index in [4.69, 9.17) is 14.2 Å². The highest BCUT2D eigenvalue weighted by atomic mass is 19.4. The van der Waals surface area contributed by atoms with Crippen LogP contribution in [-0.4, -0.2) is 65.9 Å². The number of nitrogens with zero attached hydrogens (tertiary/aromatic N) is 2. The van der Waals surface area contributed by atoms with Crippen LogP contribution in [0.25, 0.3) is 11.1 Å². The normalized spacial score (nSPS) is 20.0. The fourth-order valence-corrected chi connectivity index (χ4v) is 5.36. The van der Waals surface area contributed by atoms with Gasteiger partial charge in [0.2, 0.25) is 6.79 Å². The average Bonchev–Trinajstić information content (AvgIpc) is 3.41. The van der Waals surface area contributed by atoms with Crippen LogP contribution in [-0.2, 0) is 27.0 Å². The van der Waals surface area contributed by atoms with Gasteiger partial charge in [-0.15, -0.1) is 0 Å². The maximum absolute atomic E-state index is 13.8. The van der Waals surface area contributed by atoms with Crippen molar-refractivity contribution in [1.29, 1.82) is 0 Å². The van der Waals surface area contributed by atoms with Gasteiger partial charge in [0.25, 0.3) is 11.8 Å². The second-order valence-electron chi connectivity index (χ2n) is 10.2. The number of piperazine rings is 1. The maximum atomic E-state index is 13.8. The summed E-state index contributed by atoms with van der Waals surface area (Å²) in [6, 6.07) is 11.6. The van der Waals surface area contributed by atoms with E-state index >= 15 is 0 Å². The van der Waals surface area contributed by atoms with Crippen LogP contribution in [0.4, 0.5) is 32.0 Å². The van der Waals surface area contributed by atoms with Gasteiger partial charge in [-0.2, -0.15) is 26.3 Å². The quantitative estimate of drug-likeness (QED) is 0.330. The first kappa shape index (κ1) is 29.3. The van der Waals surface area contributed by atoms with Crippen molar-refractivity contribution in [3.8, 4) is 22.6 Å². The largest absolute Gasteiger partial charge is 0.490 e. The fraction of sp³-hybridized carbons (Fsp3) is 0.276. The zero-order valence-corrected chi connectivity index (χ0v) is 22.4. The lowest BCUT2D eigenvalue weighted by Crippen LogP contribution is -2.65. The number of esters is 1. The number of ether oxygens (including phenoxy) is 3.